The van der Waals surface area contributed by atoms with Crippen LogP contribution < -0.4 is 27.2 Å². The zero-order valence-electron chi connectivity index (χ0n) is 47.2. The van der Waals surface area contributed by atoms with Gasteiger partial charge in [-0.15, -0.1) is 12.4 Å². The predicted molar refractivity (Wildman–Crippen MR) is 301 cm³/mol. The standard InChI is InChI=1S/C30H41F2N3O3.C28H36F2N2O3.C2H7NO.ClH/c1-6-38-35-26-10-12-30(13-11-26,23-9-7-8-22(17-23)29(3,4)5)33-19-28(37)27(34-20(2)36)16-21-14-24(31)18-25(32)15-21;1-18(33)32-25(14-19-12-22(29)16-23(30)13-19)26(35)17-31-28(10-8-24(34)9-11-28)21-7-5-6-20(15-21)27(2,3)4;1-2-4-3;/h7-9,14-15,17-18,27-28,33,37H,6,10-13,16,19H2,1-5H3,(H,34,36);5-7,12-13,15-16,25-26,31,35H,8-11,14,17H2,1-4H3,(H,32,33);2-3H2,1H3;1H/t27-,28+,30?;25-,26+;;/m00../s1. The summed E-state index contributed by atoms with van der Waals surface area (Å²) in [4.78, 5) is 45.1. The van der Waals surface area contributed by atoms with E-state index in [9.17, 15) is 42.2 Å². The van der Waals surface area contributed by atoms with Crippen LogP contribution in [0.4, 0.5) is 17.6 Å². The first-order valence-electron chi connectivity index (χ1n) is 26.7. The Morgan fingerprint density at radius 1 is 0.628 bits per heavy atom. The molecule has 2 fully saturated rings. The van der Waals surface area contributed by atoms with Crippen molar-refractivity contribution >= 4 is 35.7 Å². The van der Waals surface area contributed by atoms with Crippen molar-refractivity contribution in [2.45, 2.75) is 180 Å². The van der Waals surface area contributed by atoms with E-state index >= 15 is 0 Å². The molecule has 432 valence electrons. The van der Waals surface area contributed by atoms with Crippen LogP contribution in [0.25, 0.3) is 0 Å². The van der Waals surface area contributed by atoms with Gasteiger partial charge < -0.3 is 41.2 Å². The van der Waals surface area contributed by atoms with Gasteiger partial charge in [0, 0.05) is 63.0 Å². The number of carbonyl (C=O) groups is 3. The van der Waals surface area contributed by atoms with E-state index in [4.69, 9.17) is 4.84 Å². The van der Waals surface area contributed by atoms with Crippen LogP contribution in [0.5, 0.6) is 0 Å². The molecule has 2 amide bonds. The summed E-state index contributed by atoms with van der Waals surface area (Å²) >= 11 is 0. The SMILES string of the molecule is CC(=O)N[C@@H](Cc1cc(F)cc(F)c1)[C@H](O)CNC1(c2cccc(C(C)(C)C)c2)CCC(=O)CC1.CCON.CCON=C1CCC(NC[C@@H](O)[C@H](Cc2cc(F)cc(F)c2)NC(C)=O)(c2cccc(C(C)(C)C)c2)CC1.Cl. The van der Waals surface area contributed by atoms with Crippen LogP contribution in [0.15, 0.2) is 90.1 Å². The topological polar surface area (TPSA) is 197 Å². The monoisotopic (exact) mass is 1110 g/mol. The summed E-state index contributed by atoms with van der Waals surface area (Å²) in [5.74, 6) is 1.27. The van der Waals surface area contributed by atoms with Gasteiger partial charge in [0.15, 0.2) is 0 Å². The van der Waals surface area contributed by atoms with Gasteiger partial charge in [-0.25, -0.2) is 23.5 Å². The Labute approximate surface area is 465 Å². The van der Waals surface area contributed by atoms with E-state index in [-0.39, 0.29) is 66.8 Å². The Morgan fingerprint density at radius 2 is 0.987 bits per heavy atom. The fourth-order valence-electron chi connectivity index (χ4n) is 9.81. The number of nitrogens with two attached hydrogens (primary N) is 1. The third-order valence-corrected chi connectivity index (χ3v) is 14.2. The number of benzene rings is 4. The average Bonchev–Trinajstić information content (AvgIpc) is 3.36. The molecule has 0 bridgehead atoms. The highest BCUT2D eigenvalue weighted by molar-refractivity contribution is 5.85. The van der Waals surface area contributed by atoms with Gasteiger partial charge in [0.05, 0.1) is 36.6 Å². The molecule has 2 saturated carbocycles. The minimum absolute atomic E-state index is 0. The molecule has 0 aromatic heterocycles. The van der Waals surface area contributed by atoms with Gasteiger partial charge in [-0.1, -0.05) is 95.2 Å². The Bertz CT molecular complexity index is 2530. The van der Waals surface area contributed by atoms with Gasteiger partial charge in [0.2, 0.25) is 11.8 Å². The summed E-state index contributed by atoms with van der Waals surface area (Å²) in [5.41, 5.74) is 5.33. The number of ketones is 1. The smallest absolute Gasteiger partial charge is 0.217 e. The van der Waals surface area contributed by atoms with E-state index in [0.29, 0.717) is 50.0 Å². The largest absolute Gasteiger partial charge is 0.396 e. The number of aliphatic hydroxyl groups excluding tert-OH is 2. The van der Waals surface area contributed by atoms with Crippen molar-refractivity contribution in [1.29, 1.82) is 0 Å². The molecule has 8 N–H and O–H groups in total. The van der Waals surface area contributed by atoms with Gasteiger partial charge in [-0.05, 0) is 134 Å². The summed E-state index contributed by atoms with van der Waals surface area (Å²) < 4.78 is 54.9. The quantitative estimate of drug-likeness (QED) is 0.0351. The first-order valence-corrected chi connectivity index (χ1v) is 26.7. The average molecular weight is 1110 g/mol. The zero-order valence-corrected chi connectivity index (χ0v) is 48.0. The molecule has 0 unspecified atom stereocenters. The lowest BCUT2D eigenvalue weighted by Gasteiger charge is -2.41. The zero-order chi connectivity index (χ0) is 57.1. The molecular weight excluding hydrogens is 1030 g/mol. The minimum Gasteiger partial charge on any atom is -0.396 e. The van der Waals surface area contributed by atoms with Crippen molar-refractivity contribution in [2.75, 3.05) is 26.3 Å². The molecule has 0 aliphatic heterocycles. The summed E-state index contributed by atoms with van der Waals surface area (Å²) in [5, 5.41) is 39.1. The number of amides is 2. The molecule has 4 atom stereocenters. The Hall–Kier alpha value is -5.27. The number of Topliss-reactive ketones (excluding diaryl/α,β-unsaturated/α-hetero) is 1. The van der Waals surface area contributed by atoms with E-state index in [1.165, 1.54) is 49.2 Å². The van der Waals surface area contributed by atoms with E-state index < -0.39 is 58.6 Å². The van der Waals surface area contributed by atoms with Gasteiger partial charge in [-0.2, -0.15) is 0 Å². The van der Waals surface area contributed by atoms with E-state index in [2.05, 4.69) is 115 Å². The molecule has 18 heteroatoms. The molecule has 4 aromatic carbocycles. The van der Waals surface area contributed by atoms with Gasteiger partial charge in [0.1, 0.15) is 35.7 Å². The molecule has 2 aliphatic rings. The van der Waals surface area contributed by atoms with Crippen molar-refractivity contribution in [3.8, 4) is 0 Å². The van der Waals surface area contributed by atoms with Crippen LogP contribution in [0.2, 0.25) is 0 Å². The summed E-state index contributed by atoms with van der Waals surface area (Å²) in [6, 6.07) is 21.8. The molecule has 78 heavy (non-hydrogen) atoms. The molecule has 4 aromatic rings. The molecule has 0 saturated heterocycles. The van der Waals surface area contributed by atoms with E-state index in [1.54, 1.807) is 0 Å². The Kier molecular flexibility index (Phi) is 26.6. The maximum absolute atomic E-state index is 13.8. The van der Waals surface area contributed by atoms with Crippen molar-refractivity contribution in [3.63, 3.8) is 0 Å². The molecule has 0 spiro atoms. The highest BCUT2D eigenvalue weighted by Gasteiger charge is 2.39. The lowest BCUT2D eigenvalue weighted by molar-refractivity contribution is -0.122. The highest BCUT2D eigenvalue weighted by Crippen LogP contribution is 2.40. The molecule has 6 rings (SSSR count). The Morgan fingerprint density at radius 3 is 1.31 bits per heavy atom. The second kappa shape index (κ2) is 30.9. The molecule has 0 heterocycles. The highest BCUT2D eigenvalue weighted by atomic mass is 35.5. The van der Waals surface area contributed by atoms with Gasteiger partial charge in [-0.3, -0.25) is 14.4 Å². The lowest BCUT2D eigenvalue weighted by atomic mass is 9.74. The fourth-order valence-corrected chi connectivity index (χ4v) is 9.81. The number of rotatable bonds is 19. The maximum Gasteiger partial charge on any atom is 0.217 e. The maximum atomic E-state index is 13.8. The van der Waals surface area contributed by atoms with Crippen LogP contribution in [-0.2, 0) is 58.8 Å². The number of aliphatic hydroxyl groups is 2. The minimum atomic E-state index is -1.02. The second-order valence-electron chi connectivity index (χ2n) is 22.4. The predicted octanol–water partition coefficient (Wildman–Crippen LogP) is 9.74. The summed E-state index contributed by atoms with van der Waals surface area (Å²) in [7, 11) is 0. The number of nitrogens with zero attached hydrogens (tertiary/aromatic N) is 1. The van der Waals surface area contributed by atoms with E-state index in [1.807, 2.05) is 26.0 Å². The van der Waals surface area contributed by atoms with Gasteiger partial charge in [0.25, 0.3) is 0 Å². The first-order chi connectivity index (χ1) is 36.2. The number of oxime groups is 1. The third kappa shape index (κ3) is 21.1. The number of halogens is 5. The normalized spacial score (nSPS) is 17.8. The van der Waals surface area contributed by atoms with Crippen LogP contribution in [0.3, 0.4) is 0 Å². The second-order valence-corrected chi connectivity index (χ2v) is 22.4. The number of hydrogen-bond acceptors (Lipinski definition) is 11. The van der Waals surface area contributed by atoms with Crippen molar-refractivity contribution in [1.82, 2.24) is 21.3 Å². The third-order valence-electron chi connectivity index (χ3n) is 14.2. The molecular formula is C60H85ClF4N6O7. The van der Waals surface area contributed by atoms with Crippen LogP contribution in [0.1, 0.15) is 154 Å². The molecule has 0 radical (unpaired) electrons. The molecule has 13 nitrogen and oxygen atoms in total. The molecule has 2 aliphatic carbocycles. The van der Waals surface area contributed by atoms with Crippen molar-refractivity contribution in [3.05, 3.63) is 142 Å². The summed E-state index contributed by atoms with van der Waals surface area (Å²) in [6.07, 6.45) is 3.27. The Balaban J connectivity index is 0.000000380. The van der Waals surface area contributed by atoms with Crippen LogP contribution in [0, 0.1) is 23.3 Å². The van der Waals surface area contributed by atoms with Crippen LogP contribution >= 0.6 is 12.4 Å². The number of nitrogens with one attached hydrogen (secondary N) is 4. The lowest BCUT2D eigenvalue weighted by Crippen LogP contribution is -2.53. The van der Waals surface area contributed by atoms with Crippen LogP contribution in [-0.4, -0.2) is 84.1 Å². The fraction of sp³-hybridized carbons (Fsp3) is 0.533. The number of hydrogen-bond donors (Lipinski definition) is 7. The van der Waals surface area contributed by atoms with E-state index in [0.717, 1.165) is 54.7 Å². The van der Waals surface area contributed by atoms with Crippen molar-refractivity contribution in [2.24, 2.45) is 11.1 Å². The van der Waals surface area contributed by atoms with Crippen molar-refractivity contribution < 1.29 is 51.8 Å². The van der Waals surface area contributed by atoms with Gasteiger partial charge >= 0.3 is 0 Å². The summed E-state index contributed by atoms with van der Waals surface area (Å²) in [6.45, 7) is 20.8. The first kappa shape index (κ1) is 67.0. The number of carbonyl (C=O) groups excluding carboxylic acids is 3.